The zero-order valence-electron chi connectivity index (χ0n) is 7.71. The zero-order chi connectivity index (χ0) is 8.69. The average molecular weight is 154 g/mol. The number of carbonyl (C=O) groups excluding carboxylic acids is 1. The topological polar surface area (TPSA) is 17.1 Å². The summed E-state index contributed by atoms with van der Waals surface area (Å²) >= 11 is 0. The van der Waals surface area contributed by atoms with Crippen molar-refractivity contribution in [1.29, 1.82) is 0 Å². The maximum absolute atomic E-state index is 9.92. The Balaban J connectivity index is 3.43. The molecule has 0 aliphatic rings. The van der Waals surface area contributed by atoms with Crippen molar-refractivity contribution in [3.8, 4) is 0 Å². The minimum Gasteiger partial charge on any atom is -0.299 e. The second-order valence-electron chi connectivity index (χ2n) is 3.53. The fraction of sp³-hybridized carbons (Fsp3) is 0.700. The second-order valence-corrected chi connectivity index (χ2v) is 3.53. The van der Waals surface area contributed by atoms with Crippen LogP contribution in [0.25, 0.3) is 0 Å². The lowest BCUT2D eigenvalue weighted by Crippen LogP contribution is -1.98. The van der Waals surface area contributed by atoms with Crippen LogP contribution in [0.5, 0.6) is 0 Å². The Hall–Kier alpha value is -0.590. The van der Waals surface area contributed by atoms with E-state index >= 15 is 0 Å². The highest BCUT2D eigenvalue weighted by atomic mass is 16.1. The molecule has 0 aromatic heterocycles. The molecule has 0 spiro atoms. The van der Waals surface area contributed by atoms with Gasteiger partial charge in [-0.3, -0.25) is 4.79 Å². The molecule has 0 saturated heterocycles. The van der Waals surface area contributed by atoms with Gasteiger partial charge in [0.1, 0.15) is 6.29 Å². The summed E-state index contributed by atoms with van der Waals surface area (Å²) in [5, 5.41) is 0. The molecule has 0 radical (unpaired) electrons. The standard InChI is InChI=1S/C10H18O/c1-9(2)8-10(3)6-4-5-7-11/h4-5,7,9-10H,6,8H2,1-3H3. The SMILES string of the molecule is CC(C)CC(C)CC=CC=O. The van der Waals surface area contributed by atoms with Crippen molar-refractivity contribution in [3.63, 3.8) is 0 Å². The van der Waals surface area contributed by atoms with Gasteiger partial charge in [-0.05, 0) is 30.8 Å². The van der Waals surface area contributed by atoms with Gasteiger partial charge in [0.15, 0.2) is 0 Å². The van der Waals surface area contributed by atoms with Crippen LogP contribution in [0.2, 0.25) is 0 Å². The van der Waals surface area contributed by atoms with Crippen LogP contribution in [0.1, 0.15) is 33.6 Å². The van der Waals surface area contributed by atoms with E-state index in [1.165, 1.54) is 6.42 Å². The van der Waals surface area contributed by atoms with Crippen molar-refractivity contribution in [3.05, 3.63) is 12.2 Å². The molecular weight excluding hydrogens is 136 g/mol. The number of aldehydes is 1. The van der Waals surface area contributed by atoms with E-state index in [2.05, 4.69) is 20.8 Å². The lowest BCUT2D eigenvalue weighted by atomic mass is 9.96. The third-order valence-electron chi connectivity index (χ3n) is 1.63. The van der Waals surface area contributed by atoms with Crippen LogP contribution in [0.4, 0.5) is 0 Å². The molecule has 0 heterocycles. The molecule has 0 rings (SSSR count). The van der Waals surface area contributed by atoms with Gasteiger partial charge in [0.2, 0.25) is 0 Å². The highest BCUT2D eigenvalue weighted by Crippen LogP contribution is 2.14. The average Bonchev–Trinajstić information content (AvgIpc) is 1.86. The summed E-state index contributed by atoms with van der Waals surface area (Å²) in [5.41, 5.74) is 0. The van der Waals surface area contributed by atoms with Crippen LogP contribution in [-0.2, 0) is 4.79 Å². The van der Waals surface area contributed by atoms with Crippen molar-refractivity contribution in [2.45, 2.75) is 33.6 Å². The molecule has 11 heavy (non-hydrogen) atoms. The summed E-state index contributed by atoms with van der Waals surface area (Å²) < 4.78 is 0. The normalized spacial score (nSPS) is 14.2. The smallest absolute Gasteiger partial charge is 0.142 e. The molecule has 0 aliphatic carbocycles. The van der Waals surface area contributed by atoms with E-state index in [1.54, 1.807) is 6.08 Å². The van der Waals surface area contributed by atoms with Gasteiger partial charge < -0.3 is 0 Å². The fourth-order valence-electron chi connectivity index (χ4n) is 1.27. The highest BCUT2D eigenvalue weighted by Gasteiger charge is 2.01. The summed E-state index contributed by atoms with van der Waals surface area (Å²) in [6.07, 6.45) is 6.62. The van der Waals surface area contributed by atoms with Gasteiger partial charge in [0.25, 0.3) is 0 Å². The predicted octanol–water partition coefficient (Wildman–Crippen LogP) is 2.81. The van der Waals surface area contributed by atoms with Crippen LogP contribution in [0.15, 0.2) is 12.2 Å². The van der Waals surface area contributed by atoms with E-state index in [0.717, 1.165) is 18.6 Å². The van der Waals surface area contributed by atoms with Gasteiger partial charge >= 0.3 is 0 Å². The van der Waals surface area contributed by atoms with Gasteiger partial charge in [-0.2, -0.15) is 0 Å². The van der Waals surface area contributed by atoms with Gasteiger partial charge in [-0.15, -0.1) is 0 Å². The molecule has 1 heteroatoms. The van der Waals surface area contributed by atoms with E-state index in [9.17, 15) is 4.79 Å². The third kappa shape index (κ3) is 7.31. The van der Waals surface area contributed by atoms with Crippen molar-refractivity contribution in [1.82, 2.24) is 0 Å². The Bertz CT molecular complexity index is 125. The van der Waals surface area contributed by atoms with Crippen molar-refractivity contribution in [2.24, 2.45) is 11.8 Å². The first-order chi connectivity index (χ1) is 5.16. The summed E-state index contributed by atoms with van der Waals surface area (Å²) in [5.74, 6) is 1.46. The Kier molecular flexibility index (Phi) is 5.81. The van der Waals surface area contributed by atoms with Gasteiger partial charge in [-0.1, -0.05) is 26.8 Å². The molecule has 1 unspecified atom stereocenters. The van der Waals surface area contributed by atoms with Gasteiger partial charge in [0.05, 0.1) is 0 Å². The monoisotopic (exact) mass is 154 g/mol. The molecule has 0 amide bonds. The summed E-state index contributed by atoms with van der Waals surface area (Å²) in [4.78, 5) is 9.92. The predicted molar refractivity (Wildman–Crippen MR) is 48.4 cm³/mol. The van der Waals surface area contributed by atoms with Crippen LogP contribution in [-0.4, -0.2) is 6.29 Å². The first-order valence-corrected chi connectivity index (χ1v) is 4.27. The summed E-state index contributed by atoms with van der Waals surface area (Å²) in [6.45, 7) is 6.66. The van der Waals surface area contributed by atoms with E-state index in [4.69, 9.17) is 0 Å². The molecule has 0 aliphatic heterocycles. The molecule has 64 valence electrons. The molecule has 1 nitrogen and oxygen atoms in total. The fourth-order valence-corrected chi connectivity index (χ4v) is 1.27. The minimum atomic E-state index is 0.700. The Labute approximate surface area is 69.5 Å². The first-order valence-electron chi connectivity index (χ1n) is 4.27. The highest BCUT2D eigenvalue weighted by molar-refractivity contribution is 5.64. The molecule has 0 fully saturated rings. The molecule has 1 atom stereocenters. The number of carbonyl (C=O) groups is 1. The lowest BCUT2D eigenvalue weighted by molar-refractivity contribution is -0.104. The quantitative estimate of drug-likeness (QED) is 0.439. The maximum atomic E-state index is 9.92. The minimum absolute atomic E-state index is 0.700. The van der Waals surface area contributed by atoms with Gasteiger partial charge in [0, 0.05) is 0 Å². The van der Waals surface area contributed by atoms with Crippen molar-refractivity contribution >= 4 is 6.29 Å². The Morgan fingerprint density at radius 2 is 1.91 bits per heavy atom. The van der Waals surface area contributed by atoms with Crippen LogP contribution >= 0.6 is 0 Å². The van der Waals surface area contributed by atoms with Crippen LogP contribution < -0.4 is 0 Å². The van der Waals surface area contributed by atoms with Crippen LogP contribution in [0, 0.1) is 11.8 Å². The van der Waals surface area contributed by atoms with Gasteiger partial charge in [-0.25, -0.2) is 0 Å². The third-order valence-corrected chi connectivity index (χ3v) is 1.63. The van der Waals surface area contributed by atoms with E-state index in [-0.39, 0.29) is 0 Å². The molecule has 0 bridgehead atoms. The van der Waals surface area contributed by atoms with Crippen LogP contribution in [0.3, 0.4) is 0 Å². The molecule has 0 aromatic carbocycles. The molecular formula is C10H18O. The lowest BCUT2D eigenvalue weighted by Gasteiger charge is -2.10. The van der Waals surface area contributed by atoms with E-state index in [1.807, 2.05) is 6.08 Å². The Morgan fingerprint density at radius 3 is 2.36 bits per heavy atom. The first kappa shape index (κ1) is 10.4. The number of allylic oxidation sites excluding steroid dienone is 2. The summed E-state index contributed by atoms with van der Waals surface area (Å²) in [6, 6.07) is 0. The second kappa shape index (κ2) is 6.14. The molecule has 0 aromatic rings. The number of rotatable bonds is 5. The zero-order valence-corrected chi connectivity index (χ0v) is 7.71. The van der Waals surface area contributed by atoms with Crippen molar-refractivity contribution < 1.29 is 4.79 Å². The largest absolute Gasteiger partial charge is 0.299 e. The number of hydrogen-bond donors (Lipinski definition) is 0. The van der Waals surface area contributed by atoms with E-state index < -0.39 is 0 Å². The molecule has 0 saturated carbocycles. The van der Waals surface area contributed by atoms with Crippen molar-refractivity contribution in [2.75, 3.05) is 0 Å². The molecule has 0 N–H and O–H groups in total. The summed E-state index contributed by atoms with van der Waals surface area (Å²) in [7, 11) is 0. The Morgan fingerprint density at radius 1 is 1.27 bits per heavy atom. The number of hydrogen-bond acceptors (Lipinski definition) is 1. The van der Waals surface area contributed by atoms with E-state index in [0.29, 0.717) is 5.92 Å². The maximum Gasteiger partial charge on any atom is 0.142 e.